The van der Waals surface area contributed by atoms with Crippen LogP contribution in [-0.2, 0) is 11.2 Å². The molecule has 1 aromatic heterocycles. The lowest BCUT2D eigenvalue weighted by molar-refractivity contribution is -0.130. The maximum Gasteiger partial charge on any atom is 0.227 e. The molecule has 0 N–H and O–H groups in total. The summed E-state index contributed by atoms with van der Waals surface area (Å²) in [6.07, 6.45) is 2.99. The maximum absolute atomic E-state index is 12.0. The van der Waals surface area contributed by atoms with Crippen LogP contribution in [0, 0.1) is 0 Å². The Kier molecular flexibility index (Phi) is 6.53. The average molecular weight is 329 g/mol. The van der Waals surface area contributed by atoms with Crippen LogP contribution in [0.15, 0.2) is 28.8 Å². The van der Waals surface area contributed by atoms with Crippen LogP contribution in [0.4, 0.5) is 0 Å². The van der Waals surface area contributed by atoms with Crippen LogP contribution < -0.4 is 0 Å². The van der Waals surface area contributed by atoms with Gasteiger partial charge in [0.15, 0.2) is 0 Å². The van der Waals surface area contributed by atoms with Gasteiger partial charge in [0, 0.05) is 32.0 Å². The highest BCUT2D eigenvalue weighted by molar-refractivity contribution is 5.76. The normalized spacial score (nSPS) is 11.0. The Labute approximate surface area is 144 Å². The van der Waals surface area contributed by atoms with Gasteiger partial charge in [-0.05, 0) is 17.9 Å². The van der Waals surface area contributed by atoms with E-state index in [1.54, 1.807) is 4.90 Å². The second kappa shape index (κ2) is 8.62. The van der Waals surface area contributed by atoms with Crippen molar-refractivity contribution in [3.05, 3.63) is 35.7 Å². The molecule has 1 heterocycles. The van der Waals surface area contributed by atoms with Gasteiger partial charge in [-0.3, -0.25) is 4.79 Å². The standard InChI is InChI=1S/C19H27N3O2/c1-5-6-13-22(4)18(23)12-11-17-20-19(21-24-17)16-9-7-15(8-10-16)14(2)3/h7-10,14H,5-6,11-13H2,1-4H3. The molecule has 2 rings (SSSR count). The molecule has 130 valence electrons. The monoisotopic (exact) mass is 329 g/mol. The van der Waals surface area contributed by atoms with Gasteiger partial charge in [-0.25, -0.2) is 0 Å². The first-order valence-corrected chi connectivity index (χ1v) is 8.68. The predicted octanol–water partition coefficient (Wildman–Crippen LogP) is 4.05. The van der Waals surface area contributed by atoms with Crippen molar-refractivity contribution in [2.24, 2.45) is 0 Å². The molecule has 0 atom stereocenters. The number of amides is 1. The summed E-state index contributed by atoms with van der Waals surface area (Å²) in [6.45, 7) is 7.24. The molecule has 1 aromatic carbocycles. The van der Waals surface area contributed by atoms with E-state index in [2.05, 4.69) is 43.0 Å². The second-order valence-electron chi connectivity index (χ2n) is 6.46. The Hall–Kier alpha value is -2.17. The minimum Gasteiger partial charge on any atom is -0.346 e. The first kappa shape index (κ1) is 18.2. The number of carbonyl (C=O) groups is 1. The summed E-state index contributed by atoms with van der Waals surface area (Å²) in [7, 11) is 1.84. The second-order valence-corrected chi connectivity index (χ2v) is 6.46. The fourth-order valence-electron chi connectivity index (χ4n) is 2.42. The minimum atomic E-state index is 0.115. The summed E-state index contributed by atoms with van der Waals surface area (Å²) >= 11 is 0. The molecule has 1 amide bonds. The number of benzene rings is 1. The zero-order chi connectivity index (χ0) is 17.5. The highest BCUT2D eigenvalue weighted by Gasteiger charge is 2.13. The van der Waals surface area contributed by atoms with Crippen LogP contribution in [-0.4, -0.2) is 34.5 Å². The molecule has 24 heavy (non-hydrogen) atoms. The van der Waals surface area contributed by atoms with Crippen LogP contribution in [0.1, 0.15) is 57.4 Å². The number of aryl methyl sites for hydroxylation is 1. The first-order valence-electron chi connectivity index (χ1n) is 8.68. The Morgan fingerprint density at radius 2 is 1.96 bits per heavy atom. The molecule has 0 saturated carbocycles. The van der Waals surface area contributed by atoms with Gasteiger partial charge in [0.2, 0.25) is 17.6 Å². The molecule has 0 fully saturated rings. The van der Waals surface area contributed by atoms with Gasteiger partial charge in [0.25, 0.3) is 0 Å². The molecule has 0 unspecified atom stereocenters. The van der Waals surface area contributed by atoms with Crippen molar-refractivity contribution in [2.75, 3.05) is 13.6 Å². The van der Waals surface area contributed by atoms with Gasteiger partial charge in [0.1, 0.15) is 0 Å². The summed E-state index contributed by atoms with van der Waals surface area (Å²) in [5.74, 6) is 1.70. The van der Waals surface area contributed by atoms with Crippen molar-refractivity contribution in [2.45, 2.75) is 52.4 Å². The number of rotatable bonds is 8. The number of nitrogens with zero attached hydrogens (tertiary/aromatic N) is 3. The van der Waals surface area contributed by atoms with E-state index in [1.807, 2.05) is 19.2 Å². The van der Waals surface area contributed by atoms with Crippen LogP contribution in [0.2, 0.25) is 0 Å². The largest absolute Gasteiger partial charge is 0.346 e. The molecule has 5 heteroatoms. The molecular weight excluding hydrogens is 302 g/mol. The van der Waals surface area contributed by atoms with E-state index in [0.717, 1.165) is 24.9 Å². The highest BCUT2D eigenvalue weighted by Crippen LogP contribution is 2.20. The Morgan fingerprint density at radius 3 is 2.58 bits per heavy atom. The van der Waals surface area contributed by atoms with Crippen molar-refractivity contribution in [1.29, 1.82) is 0 Å². The molecule has 0 bridgehead atoms. The molecule has 5 nitrogen and oxygen atoms in total. The average Bonchev–Trinajstić information content (AvgIpc) is 3.06. The van der Waals surface area contributed by atoms with Crippen molar-refractivity contribution in [3.8, 4) is 11.4 Å². The lowest BCUT2D eigenvalue weighted by atomic mass is 10.0. The Bertz CT molecular complexity index is 647. The van der Waals surface area contributed by atoms with Gasteiger partial charge in [-0.2, -0.15) is 4.98 Å². The molecule has 0 radical (unpaired) electrons. The molecule has 0 saturated heterocycles. The van der Waals surface area contributed by atoms with E-state index < -0.39 is 0 Å². The topological polar surface area (TPSA) is 59.2 Å². The number of carbonyl (C=O) groups excluding carboxylic acids is 1. The maximum atomic E-state index is 12.0. The third-order valence-corrected chi connectivity index (χ3v) is 4.13. The lowest BCUT2D eigenvalue weighted by Gasteiger charge is -2.15. The smallest absolute Gasteiger partial charge is 0.227 e. The van der Waals surface area contributed by atoms with E-state index in [-0.39, 0.29) is 5.91 Å². The Balaban J connectivity index is 1.92. The molecular formula is C19H27N3O2. The third kappa shape index (κ3) is 4.91. The number of unbranched alkanes of at least 4 members (excludes halogenated alkanes) is 1. The minimum absolute atomic E-state index is 0.115. The highest BCUT2D eigenvalue weighted by atomic mass is 16.5. The van der Waals surface area contributed by atoms with Crippen LogP contribution in [0.3, 0.4) is 0 Å². The quantitative estimate of drug-likeness (QED) is 0.733. The molecule has 0 aliphatic carbocycles. The zero-order valence-corrected chi connectivity index (χ0v) is 15.1. The summed E-state index contributed by atoms with van der Waals surface area (Å²) in [6, 6.07) is 8.19. The molecule has 0 aliphatic heterocycles. The van der Waals surface area contributed by atoms with E-state index in [1.165, 1.54) is 5.56 Å². The van der Waals surface area contributed by atoms with E-state index in [9.17, 15) is 4.79 Å². The van der Waals surface area contributed by atoms with E-state index in [4.69, 9.17) is 4.52 Å². The molecule has 2 aromatic rings. The van der Waals surface area contributed by atoms with E-state index in [0.29, 0.717) is 30.5 Å². The zero-order valence-electron chi connectivity index (χ0n) is 15.1. The molecule has 0 spiro atoms. The van der Waals surface area contributed by atoms with Crippen LogP contribution in [0.5, 0.6) is 0 Å². The summed E-state index contributed by atoms with van der Waals surface area (Å²) < 4.78 is 5.28. The number of hydrogen-bond acceptors (Lipinski definition) is 4. The van der Waals surface area contributed by atoms with Gasteiger partial charge >= 0.3 is 0 Å². The van der Waals surface area contributed by atoms with Gasteiger partial charge in [0.05, 0.1) is 0 Å². The van der Waals surface area contributed by atoms with Crippen molar-refractivity contribution >= 4 is 5.91 Å². The fraction of sp³-hybridized carbons (Fsp3) is 0.526. The van der Waals surface area contributed by atoms with Gasteiger partial charge in [-0.1, -0.05) is 56.6 Å². The Morgan fingerprint density at radius 1 is 1.25 bits per heavy atom. The first-order chi connectivity index (χ1) is 11.5. The van der Waals surface area contributed by atoms with Crippen LogP contribution >= 0.6 is 0 Å². The van der Waals surface area contributed by atoms with Crippen molar-refractivity contribution < 1.29 is 9.32 Å². The van der Waals surface area contributed by atoms with Gasteiger partial charge in [-0.15, -0.1) is 0 Å². The third-order valence-electron chi connectivity index (χ3n) is 4.13. The fourth-order valence-corrected chi connectivity index (χ4v) is 2.42. The van der Waals surface area contributed by atoms with Crippen molar-refractivity contribution in [1.82, 2.24) is 15.0 Å². The van der Waals surface area contributed by atoms with E-state index >= 15 is 0 Å². The summed E-state index contributed by atoms with van der Waals surface area (Å²) in [5.41, 5.74) is 2.21. The van der Waals surface area contributed by atoms with Gasteiger partial charge < -0.3 is 9.42 Å². The SMILES string of the molecule is CCCCN(C)C(=O)CCc1nc(-c2ccc(C(C)C)cc2)no1. The predicted molar refractivity (Wildman–Crippen MR) is 94.7 cm³/mol. The van der Waals surface area contributed by atoms with Crippen LogP contribution in [0.25, 0.3) is 11.4 Å². The summed E-state index contributed by atoms with van der Waals surface area (Å²) in [4.78, 5) is 18.2. The van der Waals surface area contributed by atoms with Crippen molar-refractivity contribution in [3.63, 3.8) is 0 Å². The molecule has 0 aliphatic rings. The lowest BCUT2D eigenvalue weighted by Crippen LogP contribution is -2.27. The summed E-state index contributed by atoms with van der Waals surface area (Å²) in [5, 5.41) is 4.02. The number of aromatic nitrogens is 2. The number of hydrogen-bond donors (Lipinski definition) is 0.